The van der Waals surface area contributed by atoms with Crippen LogP contribution in [-0.2, 0) is 9.59 Å². The van der Waals surface area contributed by atoms with Crippen LogP contribution in [0.5, 0.6) is 0 Å². The number of benzene rings is 1. The summed E-state index contributed by atoms with van der Waals surface area (Å²) in [6.07, 6.45) is 8.15. The molecule has 1 saturated carbocycles. The third-order valence-electron chi connectivity index (χ3n) is 6.24. The Bertz CT molecular complexity index is 925. The molecule has 2 unspecified atom stereocenters. The van der Waals surface area contributed by atoms with Gasteiger partial charge in [0.2, 0.25) is 11.8 Å². The molecule has 1 saturated heterocycles. The van der Waals surface area contributed by atoms with Gasteiger partial charge in [0.25, 0.3) is 0 Å². The number of rotatable bonds is 7. The smallest absolute Gasteiger partial charge is 0.248 e. The predicted octanol–water partition coefficient (Wildman–Crippen LogP) is 3.92. The summed E-state index contributed by atoms with van der Waals surface area (Å²) in [4.78, 5) is 32.3. The average Bonchev–Trinajstić information content (AvgIpc) is 3.31. The van der Waals surface area contributed by atoms with E-state index in [0.29, 0.717) is 36.2 Å². The minimum absolute atomic E-state index is 0.102. The van der Waals surface area contributed by atoms with Gasteiger partial charge in [-0.25, -0.2) is 14.4 Å². The third kappa shape index (κ3) is 5.63. The molecule has 2 aliphatic rings. The maximum Gasteiger partial charge on any atom is 0.248 e. The average molecular weight is 478 g/mol. The number of thiazole rings is 1. The van der Waals surface area contributed by atoms with E-state index >= 15 is 0 Å². The number of anilines is 2. The Morgan fingerprint density at radius 3 is 2.81 bits per heavy atom. The number of aromatic nitrogens is 1. The first-order valence-corrected chi connectivity index (χ1v) is 12.5. The van der Waals surface area contributed by atoms with Crippen LogP contribution in [0, 0.1) is 11.7 Å². The molecule has 32 heavy (non-hydrogen) atoms. The highest BCUT2D eigenvalue weighted by molar-refractivity contribution is 7.18. The molecule has 4 rings (SSSR count). The van der Waals surface area contributed by atoms with Crippen molar-refractivity contribution in [3.05, 3.63) is 41.7 Å². The first-order valence-electron chi connectivity index (χ1n) is 11.1. The molecule has 2 aromatic rings. The van der Waals surface area contributed by atoms with Crippen LogP contribution >= 0.6 is 20.7 Å². The molecule has 0 bridgehead atoms. The number of nitrogens with zero attached hydrogens (tertiary/aromatic N) is 4. The second kappa shape index (κ2) is 10.7. The molecule has 2 fully saturated rings. The maximum absolute atomic E-state index is 13.6. The van der Waals surface area contributed by atoms with Crippen LogP contribution < -0.4 is 10.1 Å². The van der Waals surface area contributed by atoms with Crippen molar-refractivity contribution in [3.63, 3.8) is 0 Å². The zero-order valence-corrected chi connectivity index (χ0v) is 19.9. The number of amides is 2. The van der Waals surface area contributed by atoms with Gasteiger partial charge in [0.1, 0.15) is 11.9 Å². The van der Waals surface area contributed by atoms with Crippen LogP contribution in [0.15, 0.2) is 35.8 Å². The fourth-order valence-corrected chi connectivity index (χ4v) is 5.45. The lowest BCUT2D eigenvalue weighted by Crippen LogP contribution is -2.59. The Hall–Kier alpha value is -2.09. The van der Waals surface area contributed by atoms with Crippen molar-refractivity contribution in [2.75, 3.05) is 29.7 Å². The van der Waals surface area contributed by atoms with Crippen molar-refractivity contribution in [1.82, 2.24) is 14.9 Å². The van der Waals surface area contributed by atoms with Crippen LogP contribution in [0.1, 0.15) is 38.5 Å². The zero-order valence-electron chi connectivity index (χ0n) is 18.0. The molecule has 1 aromatic carbocycles. The number of carbonyl (C=O) groups excluding carboxylic acids is 2. The molecule has 2 atom stereocenters. The Morgan fingerprint density at radius 2 is 2.12 bits per heavy atom. The van der Waals surface area contributed by atoms with Crippen LogP contribution in [0.3, 0.4) is 0 Å². The summed E-state index contributed by atoms with van der Waals surface area (Å²) in [5, 5.41) is 7.12. The Labute approximate surface area is 194 Å². The molecule has 2 heterocycles. The first kappa shape index (κ1) is 23.1. The second-order valence-electron chi connectivity index (χ2n) is 8.38. The molecule has 7 nitrogen and oxygen atoms in total. The van der Waals surface area contributed by atoms with E-state index in [2.05, 4.69) is 19.7 Å². The number of carbonyl (C=O) groups is 2. The van der Waals surface area contributed by atoms with Gasteiger partial charge in [-0.2, -0.15) is 0 Å². The predicted molar refractivity (Wildman–Crippen MR) is 128 cm³/mol. The van der Waals surface area contributed by atoms with E-state index in [1.54, 1.807) is 28.0 Å². The van der Waals surface area contributed by atoms with Crippen LogP contribution in [0.4, 0.5) is 15.2 Å². The SMILES string of the molecule is O=C(Nc1nccs1)C(CC1CCCCC1)N1CCN(N(P)c2cccc(F)c2)CC1=O. The molecular formula is C22H29FN5O2PS. The molecule has 1 aliphatic carbocycles. The molecule has 1 aromatic heterocycles. The van der Waals surface area contributed by atoms with Crippen molar-refractivity contribution >= 4 is 43.4 Å². The first-order chi connectivity index (χ1) is 15.5. The molecule has 1 aliphatic heterocycles. The molecule has 10 heteroatoms. The number of nitrogens with one attached hydrogen (secondary N) is 1. The standard InChI is InChI=1S/C22H29FN5O2PS/c23-17-7-4-8-18(14-17)28(31)26-10-11-27(20(29)15-26)19(13-16-5-2-1-3-6-16)21(30)25-22-24-9-12-32-22/h4,7-9,12,14,16,19H,1-3,5-6,10-11,13,15,31H2,(H,24,25,30). The number of hydrazine groups is 1. The number of piperazine rings is 1. The van der Waals surface area contributed by atoms with Gasteiger partial charge in [-0.15, -0.1) is 11.3 Å². The maximum atomic E-state index is 13.6. The lowest BCUT2D eigenvalue weighted by Gasteiger charge is -2.42. The molecule has 172 valence electrons. The van der Waals surface area contributed by atoms with Gasteiger partial charge >= 0.3 is 0 Å². The fraction of sp³-hybridized carbons (Fsp3) is 0.500. The molecule has 1 N–H and O–H groups in total. The van der Waals surface area contributed by atoms with E-state index in [0.717, 1.165) is 12.8 Å². The van der Waals surface area contributed by atoms with E-state index < -0.39 is 6.04 Å². The summed E-state index contributed by atoms with van der Waals surface area (Å²) in [7, 11) is 2.55. The third-order valence-corrected chi connectivity index (χ3v) is 7.55. The molecule has 2 amide bonds. The number of hydrogen-bond donors (Lipinski definition) is 1. The highest BCUT2D eigenvalue weighted by Gasteiger charge is 2.36. The van der Waals surface area contributed by atoms with Crippen LogP contribution in [0.25, 0.3) is 0 Å². The van der Waals surface area contributed by atoms with E-state index in [1.807, 2.05) is 10.4 Å². The minimum atomic E-state index is -0.510. The van der Waals surface area contributed by atoms with E-state index in [4.69, 9.17) is 0 Å². The van der Waals surface area contributed by atoms with Gasteiger partial charge in [0.15, 0.2) is 5.13 Å². The second-order valence-corrected chi connectivity index (χ2v) is 9.77. The fourth-order valence-electron chi connectivity index (χ4n) is 4.56. The van der Waals surface area contributed by atoms with Crippen molar-refractivity contribution in [1.29, 1.82) is 0 Å². The van der Waals surface area contributed by atoms with Crippen molar-refractivity contribution in [2.45, 2.75) is 44.6 Å². The van der Waals surface area contributed by atoms with Crippen LogP contribution in [0.2, 0.25) is 0 Å². The van der Waals surface area contributed by atoms with Gasteiger partial charge < -0.3 is 10.2 Å². The molecule has 0 spiro atoms. The lowest BCUT2D eigenvalue weighted by atomic mass is 9.84. The van der Waals surface area contributed by atoms with Gasteiger partial charge in [0, 0.05) is 24.7 Å². The topological polar surface area (TPSA) is 68.8 Å². The van der Waals surface area contributed by atoms with Crippen molar-refractivity contribution in [3.8, 4) is 0 Å². The van der Waals surface area contributed by atoms with Gasteiger partial charge in [-0.05, 0) is 39.9 Å². The quantitative estimate of drug-likeness (QED) is 0.613. The summed E-state index contributed by atoms with van der Waals surface area (Å²) in [5.41, 5.74) is 0.650. The summed E-state index contributed by atoms with van der Waals surface area (Å²) in [6.45, 7) is 1.12. The highest BCUT2D eigenvalue weighted by Crippen LogP contribution is 2.30. The van der Waals surface area contributed by atoms with E-state index in [1.165, 1.54) is 42.7 Å². The summed E-state index contributed by atoms with van der Waals surface area (Å²) in [6, 6.07) is 5.74. The van der Waals surface area contributed by atoms with Gasteiger partial charge in [-0.1, -0.05) is 38.2 Å². The lowest BCUT2D eigenvalue weighted by molar-refractivity contribution is -0.143. The van der Waals surface area contributed by atoms with Gasteiger partial charge in [-0.3, -0.25) is 14.4 Å². The largest absolute Gasteiger partial charge is 0.328 e. The van der Waals surface area contributed by atoms with Crippen LogP contribution in [-0.4, -0.2) is 52.4 Å². The minimum Gasteiger partial charge on any atom is -0.328 e. The summed E-state index contributed by atoms with van der Waals surface area (Å²) >= 11 is 1.37. The Kier molecular flexibility index (Phi) is 7.71. The monoisotopic (exact) mass is 477 g/mol. The Morgan fingerprint density at radius 1 is 1.31 bits per heavy atom. The number of hydrogen-bond acceptors (Lipinski definition) is 6. The normalized spacial score (nSPS) is 19.1. The van der Waals surface area contributed by atoms with Gasteiger partial charge in [0.05, 0.1) is 12.2 Å². The highest BCUT2D eigenvalue weighted by atomic mass is 32.1. The Balaban J connectivity index is 1.45. The summed E-state index contributed by atoms with van der Waals surface area (Å²) in [5.74, 6) is -0.145. The molecule has 0 radical (unpaired) electrons. The number of halogens is 1. The summed E-state index contributed by atoms with van der Waals surface area (Å²) < 4.78 is 15.4. The van der Waals surface area contributed by atoms with E-state index in [-0.39, 0.29) is 24.2 Å². The molecular weight excluding hydrogens is 448 g/mol. The van der Waals surface area contributed by atoms with Crippen molar-refractivity contribution < 1.29 is 14.0 Å². The zero-order chi connectivity index (χ0) is 22.5. The van der Waals surface area contributed by atoms with Crippen molar-refractivity contribution in [2.24, 2.45) is 5.92 Å². The van der Waals surface area contributed by atoms with E-state index in [9.17, 15) is 14.0 Å².